The van der Waals surface area contributed by atoms with Crippen LogP contribution in [0.1, 0.15) is 22.3 Å². The Kier molecular flexibility index (Phi) is 4.18. The first-order valence-corrected chi connectivity index (χ1v) is 6.42. The highest BCUT2D eigenvalue weighted by Gasteiger charge is 2.16. The molecule has 0 saturated heterocycles. The molecule has 0 aliphatic carbocycles. The zero-order chi connectivity index (χ0) is 15.6. The van der Waals surface area contributed by atoms with Gasteiger partial charge >= 0.3 is 0 Å². The summed E-state index contributed by atoms with van der Waals surface area (Å²) in [5, 5.41) is 20.1. The van der Waals surface area contributed by atoms with Crippen molar-refractivity contribution in [2.75, 3.05) is 0 Å². The maximum Gasteiger partial charge on any atom is 0.276 e. The van der Waals surface area contributed by atoms with Crippen LogP contribution in [0.4, 0.5) is 5.69 Å². The molecule has 1 aromatic carbocycles. The van der Waals surface area contributed by atoms with Gasteiger partial charge in [0.1, 0.15) is 5.75 Å². The summed E-state index contributed by atoms with van der Waals surface area (Å²) in [5.41, 5.74) is 2.84. The van der Waals surface area contributed by atoms with E-state index in [1.54, 1.807) is 26.0 Å². The molecule has 110 valence electrons. The second-order valence-electron chi connectivity index (χ2n) is 4.89. The number of benzene rings is 1. The van der Waals surface area contributed by atoms with E-state index < -0.39 is 4.92 Å². The average molecular weight is 288 g/mol. The lowest BCUT2D eigenvalue weighted by Gasteiger charge is -2.11. The van der Waals surface area contributed by atoms with E-state index in [-0.39, 0.29) is 12.3 Å². The minimum atomic E-state index is -0.434. The number of nitro benzene ring substituents is 1. The molecule has 0 fully saturated rings. The zero-order valence-electron chi connectivity index (χ0n) is 12.1. The second kappa shape index (κ2) is 5.88. The van der Waals surface area contributed by atoms with E-state index in [4.69, 9.17) is 9.84 Å². The molecule has 0 aliphatic rings. The second-order valence-corrected chi connectivity index (χ2v) is 4.89. The fraction of sp³-hybridized carbons (Fsp3) is 0.267. The van der Waals surface area contributed by atoms with Crippen molar-refractivity contribution in [1.82, 2.24) is 4.98 Å². The molecule has 0 radical (unpaired) electrons. The number of pyridine rings is 1. The first kappa shape index (κ1) is 14.9. The van der Waals surface area contributed by atoms with Crippen LogP contribution < -0.4 is 4.74 Å². The quantitative estimate of drug-likeness (QED) is 0.689. The molecule has 0 bridgehead atoms. The Hall–Kier alpha value is -2.47. The van der Waals surface area contributed by atoms with Crippen LogP contribution in [0.15, 0.2) is 24.4 Å². The van der Waals surface area contributed by atoms with Gasteiger partial charge in [0, 0.05) is 17.3 Å². The highest BCUT2D eigenvalue weighted by atomic mass is 16.6. The summed E-state index contributed by atoms with van der Waals surface area (Å²) in [7, 11) is 0. The topological polar surface area (TPSA) is 85.5 Å². The predicted molar refractivity (Wildman–Crippen MR) is 77.5 cm³/mol. The SMILES string of the molecule is Cc1cc(C)c([N+](=O)[O-])cc1Oc1ncc(CO)cc1C. The molecular formula is C15H16N2O4. The van der Waals surface area contributed by atoms with E-state index in [1.807, 2.05) is 6.92 Å². The third kappa shape index (κ3) is 3.17. The molecule has 0 atom stereocenters. The Morgan fingerprint density at radius 2 is 1.90 bits per heavy atom. The minimum absolute atomic E-state index is 0.0141. The van der Waals surface area contributed by atoms with Gasteiger partial charge in [-0.1, -0.05) is 0 Å². The fourth-order valence-corrected chi connectivity index (χ4v) is 2.05. The summed E-state index contributed by atoms with van der Waals surface area (Å²) < 4.78 is 5.69. The summed E-state index contributed by atoms with van der Waals surface area (Å²) in [6, 6.07) is 4.89. The number of rotatable bonds is 4. The van der Waals surface area contributed by atoms with Crippen molar-refractivity contribution in [2.24, 2.45) is 0 Å². The summed E-state index contributed by atoms with van der Waals surface area (Å²) in [6.45, 7) is 5.22. The number of hydrogen-bond donors (Lipinski definition) is 1. The monoisotopic (exact) mass is 288 g/mol. The van der Waals surface area contributed by atoms with Crippen molar-refractivity contribution >= 4 is 5.69 Å². The molecule has 0 unspecified atom stereocenters. The van der Waals surface area contributed by atoms with Crippen molar-refractivity contribution in [2.45, 2.75) is 27.4 Å². The van der Waals surface area contributed by atoms with E-state index in [1.165, 1.54) is 12.3 Å². The maximum absolute atomic E-state index is 11.0. The first-order valence-electron chi connectivity index (χ1n) is 6.42. The molecule has 6 nitrogen and oxygen atoms in total. The van der Waals surface area contributed by atoms with Gasteiger partial charge in [-0.25, -0.2) is 4.98 Å². The number of aliphatic hydroxyl groups is 1. The molecule has 2 aromatic rings. The van der Waals surface area contributed by atoms with Gasteiger partial charge < -0.3 is 9.84 Å². The van der Waals surface area contributed by atoms with Gasteiger partial charge in [-0.05, 0) is 44.0 Å². The lowest BCUT2D eigenvalue weighted by Crippen LogP contribution is -1.98. The third-order valence-corrected chi connectivity index (χ3v) is 3.17. The molecule has 1 aromatic heterocycles. The summed E-state index contributed by atoms with van der Waals surface area (Å²) in [4.78, 5) is 14.7. The van der Waals surface area contributed by atoms with Crippen LogP contribution in [-0.2, 0) is 6.61 Å². The molecular weight excluding hydrogens is 272 g/mol. The smallest absolute Gasteiger partial charge is 0.276 e. The Morgan fingerprint density at radius 1 is 1.19 bits per heavy atom. The lowest BCUT2D eigenvalue weighted by molar-refractivity contribution is -0.385. The fourth-order valence-electron chi connectivity index (χ4n) is 2.05. The summed E-state index contributed by atoms with van der Waals surface area (Å²) in [5.74, 6) is 0.771. The lowest BCUT2D eigenvalue weighted by atomic mass is 10.1. The van der Waals surface area contributed by atoms with Crippen molar-refractivity contribution in [1.29, 1.82) is 0 Å². The van der Waals surface area contributed by atoms with Gasteiger partial charge in [-0.15, -0.1) is 0 Å². The first-order chi connectivity index (χ1) is 9.92. The van der Waals surface area contributed by atoms with Crippen LogP contribution in [0.5, 0.6) is 11.6 Å². The Labute approximate surface area is 122 Å². The number of aromatic nitrogens is 1. The van der Waals surface area contributed by atoms with Crippen LogP contribution >= 0.6 is 0 Å². The van der Waals surface area contributed by atoms with Crippen LogP contribution in [-0.4, -0.2) is 15.0 Å². The van der Waals surface area contributed by atoms with Crippen molar-refractivity contribution < 1.29 is 14.8 Å². The van der Waals surface area contributed by atoms with Crippen LogP contribution in [0.2, 0.25) is 0 Å². The molecule has 1 heterocycles. The normalized spacial score (nSPS) is 10.5. The van der Waals surface area contributed by atoms with Gasteiger partial charge in [-0.3, -0.25) is 10.1 Å². The van der Waals surface area contributed by atoms with Crippen LogP contribution in [0, 0.1) is 30.9 Å². The van der Waals surface area contributed by atoms with Gasteiger partial charge in [0.25, 0.3) is 5.69 Å². The number of aryl methyl sites for hydroxylation is 3. The zero-order valence-corrected chi connectivity index (χ0v) is 12.1. The molecule has 21 heavy (non-hydrogen) atoms. The summed E-state index contributed by atoms with van der Waals surface area (Å²) >= 11 is 0. The Morgan fingerprint density at radius 3 is 2.48 bits per heavy atom. The van der Waals surface area contributed by atoms with Gasteiger partial charge in [0.2, 0.25) is 5.88 Å². The van der Waals surface area contributed by atoms with Gasteiger partial charge in [0.05, 0.1) is 17.6 Å². The van der Waals surface area contributed by atoms with Crippen LogP contribution in [0.25, 0.3) is 0 Å². The number of nitro groups is 1. The number of aliphatic hydroxyl groups excluding tert-OH is 1. The number of hydrogen-bond acceptors (Lipinski definition) is 5. The predicted octanol–water partition coefficient (Wildman–Crippen LogP) is 3.20. The standard InChI is InChI=1S/C15H16N2O4/c1-9-4-10(2)14(6-13(9)17(19)20)21-15-11(3)5-12(8-18)7-16-15/h4-7,18H,8H2,1-3H3. The molecule has 6 heteroatoms. The van der Waals surface area contributed by atoms with Gasteiger partial charge in [0.15, 0.2) is 0 Å². The van der Waals surface area contributed by atoms with E-state index in [0.29, 0.717) is 22.8 Å². The Bertz CT molecular complexity index is 698. The summed E-state index contributed by atoms with van der Waals surface area (Å²) in [6.07, 6.45) is 1.51. The molecule has 0 saturated carbocycles. The van der Waals surface area contributed by atoms with E-state index in [9.17, 15) is 10.1 Å². The van der Waals surface area contributed by atoms with Crippen molar-refractivity contribution in [3.05, 3.63) is 56.8 Å². The van der Waals surface area contributed by atoms with E-state index >= 15 is 0 Å². The number of nitrogens with zero attached hydrogens (tertiary/aromatic N) is 2. The Balaban J connectivity index is 2.39. The molecule has 2 rings (SSSR count). The minimum Gasteiger partial charge on any atom is -0.438 e. The highest BCUT2D eigenvalue weighted by Crippen LogP contribution is 2.32. The highest BCUT2D eigenvalue weighted by molar-refractivity contribution is 5.51. The van der Waals surface area contributed by atoms with Crippen molar-refractivity contribution in [3.8, 4) is 11.6 Å². The van der Waals surface area contributed by atoms with Crippen molar-refractivity contribution in [3.63, 3.8) is 0 Å². The molecule has 0 spiro atoms. The maximum atomic E-state index is 11.0. The van der Waals surface area contributed by atoms with Crippen LogP contribution in [0.3, 0.4) is 0 Å². The largest absolute Gasteiger partial charge is 0.438 e. The number of ether oxygens (including phenoxy) is 1. The third-order valence-electron chi connectivity index (χ3n) is 3.17. The molecule has 0 amide bonds. The van der Waals surface area contributed by atoms with E-state index in [2.05, 4.69) is 4.98 Å². The average Bonchev–Trinajstić information content (AvgIpc) is 2.43. The molecule has 0 aliphatic heterocycles. The van der Waals surface area contributed by atoms with E-state index in [0.717, 1.165) is 11.1 Å². The van der Waals surface area contributed by atoms with Gasteiger partial charge in [-0.2, -0.15) is 0 Å². The molecule has 1 N–H and O–H groups in total.